The molecule has 218 valence electrons. The van der Waals surface area contributed by atoms with Crippen LogP contribution < -0.4 is 11.1 Å². The van der Waals surface area contributed by atoms with Crippen LogP contribution in [0, 0.1) is 11.8 Å². The van der Waals surface area contributed by atoms with E-state index in [1.807, 2.05) is 19.9 Å². The van der Waals surface area contributed by atoms with E-state index in [1.165, 1.54) is 20.3 Å². The van der Waals surface area contributed by atoms with Crippen LogP contribution in [-0.2, 0) is 25.4 Å². The molecule has 0 spiro atoms. The van der Waals surface area contributed by atoms with E-state index in [-0.39, 0.29) is 28.3 Å². The lowest BCUT2D eigenvalue weighted by molar-refractivity contribution is -0.112. The standard InChI is InChI=1S/C28H41ClN2O8/c1-14-10-18-13-19(25(34)22(29)24(18)33)31-27(35)15(2)8-7-9-20(37-5)26(39-28(30)36)17(4)12-16(3)23(32)21(11-14)38-6/h8,12-14,16,20-21,23,26,32-34H,7,9-11H2,1-6H3,(H2,30,36)(H,31,35)/t14-,16+,20+,21+,23-,26+/m1/s1. The minimum Gasteiger partial charge on any atom is -0.506 e. The summed E-state index contributed by atoms with van der Waals surface area (Å²) < 4.78 is 16.6. The first-order valence-electron chi connectivity index (χ1n) is 12.9. The fourth-order valence-corrected chi connectivity index (χ4v) is 5.09. The van der Waals surface area contributed by atoms with Gasteiger partial charge in [0, 0.05) is 25.7 Å². The zero-order valence-corrected chi connectivity index (χ0v) is 24.1. The Kier molecular flexibility index (Phi) is 12.1. The molecular weight excluding hydrogens is 528 g/mol. The highest BCUT2D eigenvalue weighted by molar-refractivity contribution is 6.34. The van der Waals surface area contributed by atoms with Crippen LogP contribution in [0.3, 0.4) is 0 Å². The van der Waals surface area contributed by atoms with Gasteiger partial charge in [0.1, 0.15) is 10.8 Å². The van der Waals surface area contributed by atoms with Gasteiger partial charge in [-0.1, -0.05) is 37.6 Å². The molecule has 2 amide bonds. The number of aliphatic hydroxyl groups is 1. The summed E-state index contributed by atoms with van der Waals surface area (Å²) in [7, 11) is 3.00. The van der Waals surface area contributed by atoms with Crippen molar-refractivity contribution in [3.8, 4) is 11.5 Å². The normalized spacial score (nSPS) is 27.7. The summed E-state index contributed by atoms with van der Waals surface area (Å²) in [5.41, 5.74) is 6.87. The lowest BCUT2D eigenvalue weighted by Crippen LogP contribution is -2.37. The average Bonchev–Trinajstić information content (AvgIpc) is 2.88. The summed E-state index contributed by atoms with van der Waals surface area (Å²) in [5, 5.41) is 34.6. The van der Waals surface area contributed by atoms with Gasteiger partial charge >= 0.3 is 6.09 Å². The van der Waals surface area contributed by atoms with Crippen LogP contribution in [0.25, 0.3) is 0 Å². The number of phenolic OH excluding ortho intramolecular Hbond substituents is 2. The molecule has 0 aliphatic carbocycles. The maximum atomic E-state index is 12.9. The Labute approximate surface area is 234 Å². The lowest BCUT2D eigenvalue weighted by atomic mass is 9.88. The SMILES string of the molecule is CO[C@H]1C[C@H](C)Cc2cc(c(O)c(Cl)c2O)NC(=O)C(C)=CCC[C@H](OC)[C@@H](OC(N)=O)C(C)=C[C@H](C)[C@H]1O. The summed E-state index contributed by atoms with van der Waals surface area (Å²) in [6.45, 7) is 7.16. The molecule has 1 aliphatic heterocycles. The lowest BCUT2D eigenvalue weighted by Gasteiger charge is -2.30. The fraction of sp³-hybridized carbons (Fsp3) is 0.571. The molecule has 0 unspecified atom stereocenters. The largest absolute Gasteiger partial charge is 0.506 e. The van der Waals surface area contributed by atoms with Crippen LogP contribution in [-0.4, -0.2) is 66.0 Å². The van der Waals surface area contributed by atoms with Crippen molar-refractivity contribution in [3.05, 3.63) is 40.0 Å². The highest BCUT2D eigenvalue weighted by atomic mass is 35.5. The molecule has 2 bridgehead atoms. The van der Waals surface area contributed by atoms with Crippen LogP contribution in [0.5, 0.6) is 11.5 Å². The molecule has 0 saturated carbocycles. The number of carbonyl (C=O) groups is 2. The minimum atomic E-state index is -0.959. The molecule has 0 fully saturated rings. The second kappa shape index (κ2) is 14.6. The molecule has 0 aromatic heterocycles. The Morgan fingerprint density at radius 1 is 1.13 bits per heavy atom. The number of aliphatic hydroxyl groups excluding tert-OH is 1. The Morgan fingerprint density at radius 3 is 2.36 bits per heavy atom. The summed E-state index contributed by atoms with van der Waals surface area (Å²) in [6.07, 6.45) is 1.26. The van der Waals surface area contributed by atoms with Crippen molar-refractivity contribution in [3.63, 3.8) is 0 Å². The first kappa shape index (κ1) is 32.4. The molecule has 1 aromatic rings. The Balaban J connectivity index is 2.55. The Hall–Kier alpha value is -2.79. The third-order valence-corrected chi connectivity index (χ3v) is 7.44. The number of benzene rings is 1. The van der Waals surface area contributed by atoms with Gasteiger partial charge in [0.15, 0.2) is 11.9 Å². The van der Waals surface area contributed by atoms with E-state index in [2.05, 4.69) is 5.32 Å². The van der Waals surface area contributed by atoms with Gasteiger partial charge in [-0.15, -0.1) is 0 Å². The first-order valence-corrected chi connectivity index (χ1v) is 13.3. The highest BCUT2D eigenvalue weighted by Crippen LogP contribution is 2.42. The number of halogens is 1. The van der Waals surface area contributed by atoms with E-state index in [9.17, 15) is 24.9 Å². The van der Waals surface area contributed by atoms with E-state index in [0.29, 0.717) is 42.4 Å². The Bertz CT molecular complexity index is 1090. The number of primary amides is 1. The third-order valence-electron chi connectivity index (χ3n) is 7.09. The van der Waals surface area contributed by atoms with Gasteiger partial charge in [0.25, 0.3) is 5.91 Å². The summed E-state index contributed by atoms with van der Waals surface area (Å²) in [4.78, 5) is 24.6. The fourth-order valence-electron chi connectivity index (χ4n) is 4.87. The number of phenols is 2. The van der Waals surface area contributed by atoms with Gasteiger partial charge in [-0.05, 0) is 62.7 Å². The molecule has 10 nitrogen and oxygen atoms in total. The van der Waals surface area contributed by atoms with Crippen LogP contribution in [0.15, 0.2) is 29.4 Å². The molecule has 6 atom stereocenters. The summed E-state index contributed by atoms with van der Waals surface area (Å²) >= 11 is 6.19. The van der Waals surface area contributed by atoms with Crippen molar-refractivity contribution >= 4 is 29.3 Å². The van der Waals surface area contributed by atoms with Crippen molar-refractivity contribution in [1.29, 1.82) is 0 Å². The van der Waals surface area contributed by atoms with E-state index >= 15 is 0 Å². The number of hydrogen-bond acceptors (Lipinski definition) is 8. The molecule has 1 heterocycles. The summed E-state index contributed by atoms with van der Waals surface area (Å²) in [5.74, 6) is -1.65. The van der Waals surface area contributed by atoms with E-state index in [1.54, 1.807) is 19.9 Å². The molecule has 6 N–H and O–H groups in total. The van der Waals surface area contributed by atoms with Crippen molar-refractivity contribution in [2.24, 2.45) is 17.6 Å². The molecule has 39 heavy (non-hydrogen) atoms. The number of allylic oxidation sites excluding steroid dienone is 1. The predicted octanol–water partition coefficient (Wildman–Crippen LogP) is 4.44. The van der Waals surface area contributed by atoms with Gasteiger partial charge < -0.3 is 40.6 Å². The molecule has 0 saturated heterocycles. The first-order chi connectivity index (χ1) is 18.3. The number of aromatic hydroxyl groups is 2. The Morgan fingerprint density at radius 2 is 1.77 bits per heavy atom. The quantitative estimate of drug-likeness (QED) is 0.203. The zero-order valence-electron chi connectivity index (χ0n) is 23.4. The molecule has 11 heteroatoms. The molecule has 1 aliphatic rings. The smallest absolute Gasteiger partial charge is 0.405 e. The number of carbonyl (C=O) groups excluding carboxylic acids is 2. The number of anilines is 1. The number of hydrogen-bond donors (Lipinski definition) is 5. The van der Waals surface area contributed by atoms with Gasteiger partial charge in [-0.3, -0.25) is 4.79 Å². The van der Waals surface area contributed by atoms with Gasteiger partial charge in [-0.2, -0.15) is 0 Å². The molecule has 0 radical (unpaired) electrons. The van der Waals surface area contributed by atoms with Crippen molar-refractivity contribution < 1.29 is 39.1 Å². The highest BCUT2D eigenvalue weighted by Gasteiger charge is 2.30. The number of rotatable bonds is 3. The van der Waals surface area contributed by atoms with Crippen molar-refractivity contribution in [2.75, 3.05) is 19.5 Å². The number of fused-ring (bicyclic) bond motifs is 2. The number of amides is 2. The van der Waals surface area contributed by atoms with Crippen LogP contribution in [0.1, 0.15) is 52.5 Å². The van der Waals surface area contributed by atoms with E-state index < -0.39 is 42.2 Å². The topological polar surface area (TPSA) is 161 Å². The van der Waals surface area contributed by atoms with Crippen LogP contribution in [0.2, 0.25) is 5.02 Å². The maximum absolute atomic E-state index is 12.9. The second-order valence-electron chi connectivity index (χ2n) is 10.2. The summed E-state index contributed by atoms with van der Waals surface area (Å²) in [6, 6.07) is 1.49. The molecule has 2 rings (SSSR count). The monoisotopic (exact) mass is 568 g/mol. The molecule has 1 aromatic carbocycles. The maximum Gasteiger partial charge on any atom is 0.405 e. The van der Waals surface area contributed by atoms with Gasteiger partial charge in [-0.25, -0.2) is 4.79 Å². The van der Waals surface area contributed by atoms with Crippen LogP contribution in [0.4, 0.5) is 10.5 Å². The number of methoxy groups -OCH3 is 2. The van der Waals surface area contributed by atoms with Gasteiger partial charge in [0.2, 0.25) is 0 Å². The minimum absolute atomic E-state index is 0.0668. The predicted molar refractivity (Wildman–Crippen MR) is 149 cm³/mol. The van der Waals surface area contributed by atoms with Crippen molar-refractivity contribution in [2.45, 2.75) is 77.8 Å². The second-order valence-corrected chi connectivity index (χ2v) is 10.6. The average molecular weight is 569 g/mol. The van der Waals surface area contributed by atoms with Gasteiger partial charge in [0.05, 0.1) is 24.0 Å². The third kappa shape index (κ3) is 8.60. The number of nitrogens with one attached hydrogen (secondary N) is 1. The van der Waals surface area contributed by atoms with E-state index in [0.717, 1.165) is 0 Å². The zero-order chi connectivity index (χ0) is 29.4. The van der Waals surface area contributed by atoms with Crippen molar-refractivity contribution in [1.82, 2.24) is 0 Å². The molecular formula is C28H41ClN2O8. The number of ether oxygens (including phenoxy) is 3. The van der Waals surface area contributed by atoms with E-state index in [4.69, 9.17) is 31.5 Å². The van der Waals surface area contributed by atoms with Crippen LogP contribution >= 0.6 is 11.6 Å². The number of nitrogens with two attached hydrogens (primary N) is 1.